The summed E-state index contributed by atoms with van der Waals surface area (Å²) in [5.41, 5.74) is 2.47. The molecule has 1 atom stereocenters. The zero-order valence-corrected chi connectivity index (χ0v) is 15.8. The van der Waals surface area contributed by atoms with E-state index in [1.165, 1.54) is 44.1 Å². The predicted molar refractivity (Wildman–Crippen MR) is 102 cm³/mol. The van der Waals surface area contributed by atoms with Gasteiger partial charge in [-0.3, -0.25) is 4.79 Å². The van der Waals surface area contributed by atoms with Crippen molar-refractivity contribution in [3.05, 3.63) is 35.4 Å². The van der Waals surface area contributed by atoms with E-state index >= 15 is 0 Å². The van der Waals surface area contributed by atoms with E-state index in [0.717, 1.165) is 30.9 Å². The number of carbonyl (C=O) groups is 1. The van der Waals surface area contributed by atoms with Crippen molar-refractivity contribution in [3.63, 3.8) is 0 Å². The number of carbonyl (C=O) groups excluding carboxylic acids is 1. The van der Waals surface area contributed by atoms with Crippen LogP contribution in [-0.4, -0.2) is 12.5 Å². The minimum atomic E-state index is -0.0622. The molecule has 0 unspecified atom stereocenters. The molecule has 1 aliphatic rings. The Labute approximate surface area is 148 Å². The number of hydrogen-bond donors (Lipinski definition) is 1. The number of rotatable bonds is 8. The molecule has 2 heteroatoms. The lowest BCUT2D eigenvalue weighted by Gasteiger charge is -2.21. The minimum Gasteiger partial charge on any atom is -0.356 e. The number of hydrogen-bond acceptors (Lipinski definition) is 1. The lowest BCUT2D eigenvalue weighted by Crippen LogP contribution is -2.29. The first kappa shape index (κ1) is 19.0. The summed E-state index contributed by atoms with van der Waals surface area (Å²) in [5.74, 6) is 1.67. The van der Waals surface area contributed by atoms with E-state index in [1.54, 1.807) is 0 Å². The highest BCUT2D eigenvalue weighted by molar-refractivity contribution is 5.83. The lowest BCUT2D eigenvalue weighted by atomic mass is 9.86. The molecule has 0 aliphatic heterocycles. The summed E-state index contributed by atoms with van der Waals surface area (Å²) in [5, 5.41) is 3.13. The Morgan fingerprint density at radius 1 is 1.08 bits per heavy atom. The highest BCUT2D eigenvalue weighted by Crippen LogP contribution is 2.27. The van der Waals surface area contributed by atoms with Gasteiger partial charge in [-0.15, -0.1) is 0 Å². The van der Waals surface area contributed by atoms with E-state index in [9.17, 15) is 4.79 Å². The summed E-state index contributed by atoms with van der Waals surface area (Å²) in [7, 11) is 0. The number of amides is 1. The zero-order valence-electron chi connectivity index (χ0n) is 15.8. The molecule has 0 saturated heterocycles. The fraction of sp³-hybridized carbons (Fsp3) is 0.682. The average molecular weight is 330 g/mol. The summed E-state index contributed by atoms with van der Waals surface area (Å²) in [6.07, 6.45) is 10.5. The van der Waals surface area contributed by atoms with Crippen molar-refractivity contribution in [2.45, 2.75) is 78.1 Å². The third kappa shape index (κ3) is 6.30. The van der Waals surface area contributed by atoms with Gasteiger partial charge in [-0.25, -0.2) is 0 Å². The van der Waals surface area contributed by atoms with E-state index in [4.69, 9.17) is 0 Å². The van der Waals surface area contributed by atoms with Crippen LogP contribution in [0.5, 0.6) is 0 Å². The first-order valence-corrected chi connectivity index (χ1v) is 9.92. The Hall–Kier alpha value is -1.31. The van der Waals surface area contributed by atoms with Gasteiger partial charge in [-0.2, -0.15) is 0 Å². The molecule has 0 radical (unpaired) electrons. The topological polar surface area (TPSA) is 29.1 Å². The lowest BCUT2D eigenvalue weighted by molar-refractivity contribution is -0.122. The van der Waals surface area contributed by atoms with Crippen molar-refractivity contribution in [1.82, 2.24) is 5.32 Å². The van der Waals surface area contributed by atoms with Crippen LogP contribution in [0.15, 0.2) is 24.3 Å². The van der Waals surface area contributed by atoms with Gasteiger partial charge in [-0.1, -0.05) is 70.2 Å². The Kier molecular flexibility index (Phi) is 7.81. The van der Waals surface area contributed by atoms with Gasteiger partial charge in [0.15, 0.2) is 0 Å². The van der Waals surface area contributed by atoms with Gasteiger partial charge in [0, 0.05) is 6.54 Å². The Balaban J connectivity index is 1.71. The fourth-order valence-electron chi connectivity index (χ4n) is 3.80. The maximum atomic E-state index is 12.3. The quantitative estimate of drug-likeness (QED) is 0.630. The third-order valence-electron chi connectivity index (χ3n) is 5.33. The molecule has 2 rings (SSSR count). The summed E-state index contributed by atoms with van der Waals surface area (Å²) < 4.78 is 0. The van der Waals surface area contributed by atoms with Crippen LogP contribution in [0.1, 0.15) is 82.8 Å². The van der Waals surface area contributed by atoms with Crippen LogP contribution in [0.2, 0.25) is 0 Å². The predicted octanol–water partition coefficient (Wildman–Crippen LogP) is 5.47. The number of benzene rings is 1. The summed E-state index contributed by atoms with van der Waals surface area (Å²) in [6, 6.07) is 8.57. The summed E-state index contributed by atoms with van der Waals surface area (Å²) >= 11 is 0. The van der Waals surface area contributed by atoms with Crippen molar-refractivity contribution in [3.8, 4) is 0 Å². The zero-order chi connectivity index (χ0) is 17.4. The fourth-order valence-corrected chi connectivity index (χ4v) is 3.80. The van der Waals surface area contributed by atoms with E-state index in [1.807, 2.05) is 6.92 Å². The van der Waals surface area contributed by atoms with Crippen LogP contribution < -0.4 is 5.32 Å². The van der Waals surface area contributed by atoms with E-state index in [2.05, 4.69) is 43.4 Å². The maximum Gasteiger partial charge on any atom is 0.227 e. The molecule has 0 aromatic heterocycles. The first-order chi connectivity index (χ1) is 11.6. The highest BCUT2D eigenvalue weighted by Gasteiger charge is 2.16. The molecule has 1 N–H and O–H groups in total. The smallest absolute Gasteiger partial charge is 0.227 e. The van der Waals surface area contributed by atoms with Gasteiger partial charge < -0.3 is 5.32 Å². The minimum absolute atomic E-state index is 0.0622. The molecule has 1 aromatic rings. The van der Waals surface area contributed by atoms with Gasteiger partial charge in [0.25, 0.3) is 0 Å². The van der Waals surface area contributed by atoms with E-state index in [-0.39, 0.29) is 11.8 Å². The van der Waals surface area contributed by atoms with Gasteiger partial charge in [0.05, 0.1) is 5.92 Å². The number of nitrogens with one attached hydrogen (secondary N) is 1. The van der Waals surface area contributed by atoms with Crippen LogP contribution >= 0.6 is 0 Å². The van der Waals surface area contributed by atoms with E-state index < -0.39 is 0 Å². The molecule has 1 amide bonds. The molecule has 1 aliphatic carbocycles. The Bertz CT molecular complexity index is 485. The van der Waals surface area contributed by atoms with Crippen LogP contribution in [-0.2, 0) is 11.2 Å². The van der Waals surface area contributed by atoms with Gasteiger partial charge in [0.1, 0.15) is 0 Å². The maximum absolute atomic E-state index is 12.3. The van der Waals surface area contributed by atoms with Gasteiger partial charge in [0.2, 0.25) is 5.91 Å². The van der Waals surface area contributed by atoms with Crippen LogP contribution in [0.25, 0.3) is 0 Å². The molecule has 1 fully saturated rings. The standard InChI is InChI=1S/C22H35NO/c1-17(2)16-20-11-13-21(14-12-20)18(3)22(24)23-15-7-10-19-8-5-4-6-9-19/h11-14,17-19H,4-10,15-16H2,1-3H3,(H,23,24)/t18-/m1/s1. The third-order valence-corrected chi connectivity index (χ3v) is 5.33. The van der Waals surface area contributed by atoms with Crippen LogP contribution in [0.4, 0.5) is 0 Å². The molecular weight excluding hydrogens is 294 g/mol. The summed E-state index contributed by atoms with van der Waals surface area (Å²) in [6.45, 7) is 7.30. The molecule has 0 spiro atoms. The van der Waals surface area contributed by atoms with E-state index in [0.29, 0.717) is 5.92 Å². The van der Waals surface area contributed by atoms with Gasteiger partial charge >= 0.3 is 0 Å². The first-order valence-electron chi connectivity index (χ1n) is 9.92. The molecule has 1 aromatic carbocycles. The Morgan fingerprint density at radius 2 is 1.75 bits per heavy atom. The average Bonchev–Trinajstić information content (AvgIpc) is 2.59. The second-order valence-corrected chi connectivity index (χ2v) is 8.00. The molecule has 24 heavy (non-hydrogen) atoms. The monoisotopic (exact) mass is 329 g/mol. The molecule has 134 valence electrons. The second-order valence-electron chi connectivity index (χ2n) is 8.00. The molecule has 0 bridgehead atoms. The Morgan fingerprint density at radius 3 is 2.38 bits per heavy atom. The molecule has 1 saturated carbocycles. The van der Waals surface area contributed by atoms with Crippen molar-refractivity contribution in [2.75, 3.05) is 6.54 Å². The van der Waals surface area contributed by atoms with Crippen molar-refractivity contribution in [2.24, 2.45) is 11.8 Å². The van der Waals surface area contributed by atoms with Crippen molar-refractivity contribution in [1.29, 1.82) is 0 Å². The second kappa shape index (κ2) is 9.86. The molecule has 2 nitrogen and oxygen atoms in total. The molecule has 0 heterocycles. The largest absolute Gasteiger partial charge is 0.356 e. The van der Waals surface area contributed by atoms with Crippen LogP contribution in [0, 0.1) is 11.8 Å². The van der Waals surface area contributed by atoms with Crippen molar-refractivity contribution < 1.29 is 4.79 Å². The SMILES string of the molecule is CC(C)Cc1ccc([C@@H](C)C(=O)NCCCC2CCCCC2)cc1. The normalized spacial score (nSPS) is 17.0. The van der Waals surface area contributed by atoms with Crippen LogP contribution in [0.3, 0.4) is 0 Å². The van der Waals surface area contributed by atoms with Gasteiger partial charge in [-0.05, 0) is 49.1 Å². The highest BCUT2D eigenvalue weighted by atomic mass is 16.1. The van der Waals surface area contributed by atoms with Crippen molar-refractivity contribution >= 4 is 5.91 Å². The summed E-state index contributed by atoms with van der Waals surface area (Å²) in [4.78, 5) is 12.3. The molecular formula is C22H35NO.